The van der Waals surface area contributed by atoms with E-state index in [0.717, 1.165) is 4.34 Å². The fourth-order valence-corrected chi connectivity index (χ4v) is 3.00. The van der Waals surface area contributed by atoms with Crippen molar-refractivity contribution < 1.29 is 9.53 Å². The van der Waals surface area contributed by atoms with Gasteiger partial charge in [-0.3, -0.25) is 4.79 Å². The van der Waals surface area contributed by atoms with Crippen molar-refractivity contribution in [1.29, 1.82) is 0 Å². The zero-order valence-electron chi connectivity index (χ0n) is 9.18. The maximum absolute atomic E-state index is 11.9. The van der Waals surface area contributed by atoms with Gasteiger partial charge in [0.2, 0.25) is 0 Å². The molecule has 0 aromatic carbocycles. The number of carbonyl (C=O) groups excluding carboxylic acids is 1. The Balaban J connectivity index is 2.81. The molecule has 1 aromatic heterocycles. The molecule has 0 N–H and O–H groups in total. The molecule has 0 radical (unpaired) electrons. The summed E-state index contributed by atoms with van der Waals surface area (Å²) in [6.07, 6.45) is 1.71. The first-order chi connectivity index (χ1) is 6.99. The fraction of sp³-hybridized carbons (Fsp3) is 0.556. The van der Waals surface area contributed by atoms with E-state index in [4.69, 9.17) is 4.74 Å². The number of methoxy groups -OCH3 is 1. The van der Waals surface area contributed by atoms with E-state index >= 15 is 0 Å². The van der Waals surface area contributed by atoms with Crippen molar-refractivity contribution in [3.05, 3.63) is 11.6 Å². The highest BCUT2D eigenvalue weighted by atomic mass is 32.2. The normalized spacial score (nSPS) is 14.7. The van der Waals surface area contributed by atoms with Gasteiger partial charge in [0.15, 0.2) is 9.27 Å². The maximum Gasteiger partial charge on any atom is 0.264 e. The number of hydrogen-bond acceptors (Lipinski definition) is 5. The van der Waals surface area contributed by atoms with Gasteiger partial charge in [-0.05, 0) is 6.92 Å². The Hall–Kier alpha value is -0.590. The fourth-order valence-electron chi connectivity index (χ4n) is 1.01. The van der Waals surface area contributed by atoms with Crippen LogP contribution in [0.1, 0.15) is 6.92 Å². The molecule has 1 atom stereocenters. The highest BCUT2D eigenvalue weighted by Gasteiger charge is 2.36. The number of thiazole rings is 1. The van der Waals surface area contributed by atoms with Crippen LogP contribution in [-0.4, -0.2) is 41.9 Å². The highest BCUT2D eigenvalue weighted by molar-refractivity contribution is 8.02. The molecule has 1 rings (SSSR count). The summed E-state index contributed by atoms with van der Waals surface area (Å²) in [5.74, 6) is -0.0785. The highest BCUT2D eigenvalue weighted by Crippen LogP contribution is 2.35. The minimum atomic E-state index is -0.901. The number of ether oxygens (including phenoxy) is 1. The molecule has 6 heteroatoms. The Bertz CT molecular complexity index is 327. The SMILES string of the molecule is COC(C)(Sc1nccs1)C(=O)N(C)C. The Kier molecular flexibility index (Phi) is 4.12. The minimum Gasteiger partial charge on any atom is -0.358 e. The number of aromatic nitrogens is 1. The first kappa shape index (κ1) is 12.5. The molecule has 0 aliphatic heterocycles. The summed E-state index contributed by atoms with van der Waals surface area (Å²) in [6.45, 7) is 1.75. The topological polar surface area (TPSA) is 42.4 Å². The maximum atomic E-state index is 11.9. The van der Waals surface area contributed by atoms with Crippen LogP contribution in [-0.2, 0) is 9.53 Å². The summed E-state index contributed by atoms with van der Waals surface area (Å²) in [7, 11) is 4.95. The third-order valence-electron chi connectivity index (χ3n) is 1.88. The predicted octanol–water partition coefficient (Wildman–Crippen LogP) is 1.69. The Morgan fingerprint density at radius 1 is 1.67 bits per heavy atom. The van der Waals surface area contributed by atoms with E-state index in [0.29, 0.717) is 0 Å². The second-order valence-corrected chi connectivity index (χ2v) is 5.77. The van der Waals surface area contributed by atoms with E-state index in [2.05, 4.69) is 4.98 Å². The van der Waals surface area contributed by atoms with E-state index in [1.165, 1.54) is 35.1 Å². The van der Waals surface area contributed by atoms with Gasteiger partial charge in [0, 0.05) is 32.8 Å². The standard InChI is InChI=1S/C9H14N2O2S2/c1-9(13-4,7(12)11(2)3)15-8-10-5-6-14-8/h5-6H,1-4H3. The molecule has 84 valence electrons. The van der Waals surface area contributed by atoms with Gasteiger partial charge in [-0.2, -0.15) is 0 Å². The van der Waals surface area contributed by atoms with Gasteiger partial charge in [-0.25, -0.2) is 4.98 Å². The first-order valence-corrected chi connectivity index (χ1v) is 6.04. The third-order valence-corrected chi connectivity index (χ3v) is 3.99. The molecular weight excluding hydrogens is 232 g/mol. The summed E-state index contributed by atoms with van der Waals surface area (Å²) in [5.41, 5.74) is 0. The van der Waals surface area contributed by atoms with Crippen molar-refractivity contribution in [2.24, 2.45) is 0 Å². The van der Waals surface area contributed by atoms with Crippen LogP contribution in [0.3, 0.4) is 0 Å². The van der Waals surface area contributed by atoms with Crippen molar-refractivity contribution in [3.8, 4) is 0 Å². The second-order valence-electron chi connectivity index (χ2n) is 3.25. The molecular formula is C9H14N2O2S2. The summed E-state index contributed by atoms with van der Waals surface area (Å²) in [6, 6.07) is 0. The Labute approximate surface area is 97.6 Å². The Morgan fingerprint density at radius 2 is 2.33 bits per heavy atom. The van der Waals surface area contributed by atoms with Crippen LogP contribution in [0, 0.1) is 0 Å². The molecule has 0 saturated carbocycles. The molecule has 0 saturated heterocycles. The van der Waals surface area contributed by atoms with Gasteiger partial charge >= 0.3 is 0 Å². The van der Waals surface area contributed by atoms with Crippen LogP contribution in [0.4, 0.5) is 0 Å². The number of amides is 1. The lowest BCUT2D eigenvalue weighted by Gasteiger charge is -2.27. The van der Waals surface area contributed by atoms with Crippen LogP contribution < -0.4 is 0 Å². The van der Waals surface area contributed by atoms with Gasteiger partial charge < -0.3 is 9.64 Å². The molecule has 0 spiro atoms. The molecule has 1 unspecified atom stereocenters. The van der Waals surface area contributed by atoms with Crippen LogP contribution in [0.25, 0.3) is 0 Å². The molecule has 0 fully saturated rings. The molecule has 1 amide bonds. The summed E-state index contributed by atoms with van der Waals surface area (Å²) >= 11 is 2.82. The minimum absolute atomic E-state index is 0.0785. The first-order valence-electron chi connectivity index (χ1n) is 4.35. The van der Waals surface area contributed by atoms with Crippen molar-refractivity contribution in [2.75, 3.05) is 21.2 Å². The van der Waals surface area contributed by atoms with E-state index in [1.54, 1.807) is 27.2 Å². The quantitative estimate of drug-likeness (QED) is 0.599. The zero-order valence-corrected chi connectivity index (χ0v) is 10.8. The third kappa shape index (κ3) is 2.93. The lowest BCUT2D eigenvalue weighted by Crippen LogP contribution is -2.42. The number of nitrogens with zero attached hydrogens (tertiary/aromatic N) is 2. The van der Waals surface area contributed by atoms with Crippen LogP contribution in [0.15, 0.2) is 15.9 Å². The summed E-state index contributed by atoms with van der Waals surface area (Å²) in [4.78, 5) is 16.6. The average molecular weight is 246 g/mol. The zero-order chi connectivity index (χ0) is 11.5. The van der Waals surface area contributed by atoms with E-state index in [1.807, 2.05) is 5.38 Å². The smallest absolute Gasteiger partial charge is 0.264 e. The molecule has 1 aromatic rings. The van der Waals surface area contributed by atoms with Gasteiger partial charge in [0.05, 0.1) is 0 Å². The Morgan fingerprint density at radius 3 is 2.73 bits per heavy atom. The van der Waals surface area contributed by atoms with Crippen LogP contribution >= 0.6 is 23.1 Å². The number of carbonyl (C=O) groups is 1. The van der Waals surface area contributed by atoms with Gasteiger partial charge in [0.1, 0.15) is 0 Å². The lowest BCUT2D eigenvalue weighted by molar-refractivity contribution is -0.141. The molecule has 0 aliphatic carbocycles. The lowest BCUT2D eigenvalue weighted by atomic mass is 10.3. The summed E-state index contributed by atoms with van der Waals surface area (Å²) in [5, 5.41) is 1.87. The number of thioether (sulfide) groups is 1. The van der Waals surface area contributed by atoms with Crippen molar-refractivity contribution in [3.63, 3.8) is 0 Å². The average Bonchev–Trinajstić information content (AvgIpc) is 2.68. The van der Waals surface area contributed by atoms with Crippen molar-refractivity contribution in [2.45, 2.75) is 16.2 Å². The van der Waals surface area contributed by atoms with E-state index in [-0.39, 0.29) is 5.91 Å². The molecule has 0 aliphatic rings. The number of likely N-dealkylation sites (N-methyl/N-ethyl adjacent to an activating group) is 1. The molecule has 4 nitrogen and oxygen atoms in total. The number of rotatable bonds is 4. The van der Waals surface area contributed by atoms with Gasteiger partial charge in [0.25, 0.3) is 5.91 Å². The molecule has 1 heterocycles. The molecule has 0 bridgehead atoms. The van der Waals surface area contributed by atoms with E-state index in [9.17, 15) is 4.79 Å². The second kappa shape index (κ2) is 4.96. The van der Waals surface area contributed by atoms with Gasteiger partial charge in [-0.1, -0.05) is 11.8 Å². The van der Waals surface area contributed by atoms with Crippen molar-refractivity contribution >= 4 is 29.0 Å². The predicted molar refractivity (Wildman–Crippen MR) is 62.1 cm³/mol. The largest absolute Gasteiger partial charge is 0.358 e. The number of hydrogen-bond donors (Lipinski definition) is 0. The van der Waals surface area contributed by atoms with E-state index < -0.39 is 4.93 Å². The van der Waals surface area contributed by atoms with Crippen LogP contribution in [0.5, 0.6) is 0 Å². The monoisotopic (exact) mass is 246 g/mol. The summed E-state index contributed by atoms with van der Waals surface area (Å²) < 4.78 is 6.10. The van der Waals surface area contributed by atoms with Crippen molar-refractivity contribution in [1.82, 2.24) is 9.88 Å². The van der Waals surface area contributed by atoms with Crippen LogP contribution in [0.2, 0.25) is 0 Å². The molecule has 15 heavy (non-hydrogen) atoms. The van der Waals surface area contributed by atoms with Gasteiger partial charge in [-0.15, -0.1) is 11.3 Å².